The second kappa shape index (κ2) is 3.05. The highest BCUT2D eigenvalue weighted by Crippen LogP contribution is 2.25. The average Bonchev–Trinajstić information content (AvgIpc) is 2.02. The highest BCUT2D eigenvalue weighted by atomic mass is 16.4. The third kappa shape index (κ3) is 1.53. The van der Waals surface area contributed by atoms with Gasteiger partial charge in [-0.05, 0) is 5.18 Å². The van der Waals surface area contributed by atoms with Gasteiger partial charge in [0.1, 0.15) is 0 Å². The van der Waals surface area contributed by atoms with Crippen molar-refractivity contribution in [3.8, 4) is 5.88 Å². The van der Waals surface area contributed by atoms with E-state index in [9.17, 15) is 14.5 Å². The van der Waals surface area contributed by atoms with Crippen LogP contribution in [0.2, 0.25) is 0 Å². The Balaban J connectivity index is 3.56. The summed E-state index contributed by atoms with van der Waals surface area (Å²) in [5, 5.41) is 19.7. The molecule has 0 bridgehead atoms. The van der Waals surface area contributed by atoms with Crippen LogP contribution in [-0.4, -0.2) is 21.2 Å². The summed E-state index contributed by atoms with van der Waals surface area (Å²) >= 11 is 0. The predicted molar refractivity (Wildman–Crippen MR) is 41.1 cm³/mol. The van der Waals surface area contributed by atoms with Gasteiger partial charge in [-0.25, -0.2) is 4.79 Å². The molecule has 0 unspecified atom stereocenters. The van der Waals surface area contributed by atoms with E-state index in [2.05, 4.69) is 5.18 Å². The first-order chi connectivity index (χ1) is 6.06. The number of carbonyl (C=O) groups is 1. The lowest BCUT2D eigenvalue weighted by Crippen LogP contribution is -2.09. The first-order valence-corrected chi connectivity index (χ1v) is 3.09. The van der Waals surface area contributed by atoms with E-state index in [1.54, 1.807) is 0 Å². The molecule has 0 amide bonds. The van der Waals surface area contributed by atoms with Crippen LogP contribution in [0.3, 0.4) is 0 Å². The summed E-state index contributed by atoms with van der Waals surface area (Å²) in [4.78, 5) is 33.0. The van der Waals surface area contributed by atoms with E-state index >= 15 is 0 Å². The van der Waals surface area contributed by atoms with Crippen LogP contribution in [-0.2, 0) is 0 Å². The number of nitroso groups, excluding NO2 is 1. The van der Waals surface area contributed by atoms with Gasteiger partial charge >= 0.3 is 5.97 Å². The Morgan fingerprint density at radius 3 is 2.62 bits per heavy atom. The molecule has 0 aliphatic heterocycles. The summed E-state index contributed by atoms with van der Waals surface area (Å²) in [6, 6.07) is 0.665. The molecule has 1 rings (SSSR count). The molecule has 3 N–H and O–H groups in total. The molecule has 7 nitrogen and oxygen atoms in total. The summed E-state index contributed by atoms with van der Waals surface area (Å²) in [6.07, 6.45) is 0. The number of aromatic amines is 1. The summed E-state index contributed by atoms with van der Waals surface area (Å²) < 4.78 is 0. The minimum absolute atomic E-state index is 0.628. The average molecular weight is 184 g/mol. The van der Waals surface area contributed by atoms with Crippen LogP contribution in [0.15, 0.2) is 16.0 Å². The van der Waals surface area contributed by atoms with Crippen molar-refractivity contribution in [1.29, 1.82) is 0 Å². The zero-order valence-corrected chi connectivity index (χ0v) is 6.14. The Labute approximate surface area is 70.6 Å². The number of pyridine rings is 1. The number of rotatable bonds is 2. The van der Waals surface area contributed by atoms with Crippen LogP contribution >= 0.6 is 0 Å². The number of hydrogen-bond acceptors (Lipinski definition) is 5. The highest BCUT2D eigenvalue weighted by molar-refractivity contribution is 5.94. The van der Waals surface area contributed by atoms with E-state index in [0.29, 0.717) is 6.07 Å². The van der Waals surface area contributed by atoms with Crippen LogP contribution < -0.4 is 5.56 Å². The molecule has 0 aromatic carbocycles. The van der Waals surface area contributed by atoms with Crippen LogP contribution in [0.25, 0.3) is 0 Å². The Kier molecular flexibility index (Phi) is 2.09. The molecular weight excluding hydrogens is 180 g/mol. The molecule has 13 heavy (non-hydrogen) atoms. The molecule has 0 saturated carbocycles. The van der Waals surface area contributed by atoms with Crippen molar-refractivity contribution in [1.82, 2.24) is 4.98 Å². The largest absolute Gasteiger partial charge is 0.493 e. The minimum atomic E-state index is -1.50. The molecule has 68 valence electrons. The summed E-state index contributed by atoms with van der Waals surface area (Å²) in [5.74, 6) is -2.35. The molecule has 0 radical (unpaired) electrons. The molecule has 0 aliphatic rings. The molecule has 0 aliphatic carbocycles. The van der Waals surface area contributed by atoms with Gasteiger partial charge < -0.3 is 10.2 Å². The summed E-state index contributed by atoms with van der Waals surface area (Å²) in [6.45, 7) is 0. The Morgan fingerprint density at radius 1 is 1.54 bits per heavy atom. The van der Waals surface area contributed by atoms with Gasteiger partial charge in [0.2, 0.25) is 5.88 Å². The van der Waals surface area contributed by atoms with Crippen LogP contribution in [0.4, 0.5) is 5.69 Å². The fourth-order valence-electron chi connectivity index (χ4n) is 0.794. The quantitative estimate of drug-likeness (QED) is 0.566. The van der Waals surface area contributed by atoms with E-state index in [0.717, 1.165) is 0 Å². The maximum absolute atomic E-state index is 10.7. The van der Waals surface area contributed by atoms with Gasteiger partial charge in [-0.15, -0.1) is 4.91 Å². The molecular formula is C6H4N2O5. The molecule has 1 aromatic rings. The topological polar surface area (TPSA) is 120 Å². The maximum atomic E-state index is 10.7. The molecule has 1 heterocycles. The van der Waals surface area contributed by atoms with Crippen molar-refractivity contribution in [2.24, 2.45) is 5.18 Å². The van der Waals surface area contributed by atoms with Gasteiger partial charge in [-0.1, -0.05) is 0 Å². The lowest BCUT2D eigenvalue weighted by Gasteiger charge is -1.98. The number of H-pyrrole nitrogens is 1. The standard InChI is InChI=1S/C6H4N2O5/c9-3-1-2(6(11)12)4(8-13)5(10)7-3/h1H,(H,11,12)(H2,7,9,10). The highest BCUT2D eigenvalue weighted by Gasteiger charge is 2.16. The Bertz CT molecular complexity index is 422. The van der Waals surface area contributed by atoms with Gasteiger partial charge in [-0.2, -0.15) is 0 Å². The van der Waals surface area contributed by atoms with Crippen molar-refractivity contribution in [2.45, 2.75) is 0 Å². The fraction of sp³-hybridized carbons (Fsp3) is 0. The lowest BCUT2D eigenvalue weighted by molar-refractivity contribution is 0.0697. The number of aromatic hydroxyl groups is 1. The lowest BCUT2D eigenvalue weighted by atomic mass is 10.2. The second-order valence-corrected chi connectivity index (χ2v) is 2.14. The summed E-state index contributed by atoms with van der Waals surface area (Å²) in [7, 11) is 0. The molecule has 0 atom stereocenters. The van der Waals surface area contributed by atoms with E-state index < -0.39 is 28.7 Å². The molecule has 7 heteroatoms. The predicted octanol–water partition coefficient (Wildman–Crippen LogP) is 0.177. The first kappa shape index (κ1) is 8.91. The molecule has 0 saturated heterocycles. The van der Waals surface area contributed by atoms with Crippen LogP contribution in [0, 0.1) is 4.91 Å². The minimum Gasteiger partial charge on any atom is -0.493 e. The van der Waals surface area contributed by atoms with Crippen molar-refractivity contribution in [2.75, 3.05) is 0 Å². The van der Waals surface area contributed by atoms with E-state index in [-0.39, 0.29) is 0 Å². The number of aromatic nitrogens is 1. The summed E-state index contributed by atoms with van der Waals surface area (Å²) in [5.41, 5.74) is -2.13. The van der Waals surface area contributed by atoms with Gasteiger partial charge in [0.25, 0.3) is 5.56 Å². The van der Waals surface area contributed by atoms with Gasteiger partial charge in [0, 0.05) is 6.07 Å². The smallest absolute Gasteiger partial charge is 0.338 e. The number of aromatic carboxylic acids is 1. The van der Waals surface area contributed by atoms with Gasteiger partial charge in [-0.3, -0.25) is 9.78 Å². The Hall–Kier alpha value is -2.18. The zero-order chi connectivity index (χ0) is 10.0. The van der Waals surface area contributed by atoms with Crippen molar-refractivity contribution < 1.29 is 15.0 Å². The number of nitrogens with one attached hydrogen (secondary N) is 1. The fourth-order valence-corrected chi connectivity index (χ4v) is 0.794. The van der Waals surface area contributed by atoms with E-state index in [1.165, 1.54) is 0 Å². The van der Waals surface area contributed by atoms with Gasteiger partial charge in [0.05, 0.1) is 5.56 Å². The first-order valence-electron chi connectivity index (χ1n) is 3.09. The molecule has 1 aromatic heterocycles. The number of carboxylic acids is 1. The second-order valence-electron chi connectivity index (χ2n) is 2.14. The van der Waals surface area contributed by atoms with E-state index in [1.807, 2.05) is 4.98 Å². The van der Waals surface area contributed by atoms with Gasteiger partial charge in [0.15, 0.2) is 5.69 Å². The van der Waals surface area contributed by atoms with Crippen molar-refractivity contribution in [3.05, 3.63) is 26.9 Å². The third-order valence-electron chi connectivity index (χ3n) is 1.32. The number of carboxylic acid groups (broad SMARTS) is 1. The van der Waals surface area contributed by atoms with Crippen LogP contribution in [0.1, 0.15) is 10.4 Å². The Morgan fingerprint density at radius 2 is 2.15 bits per heavy atom. The number of nitrogens with zero attached hydrogens (tertiary/aromatic N) is 1. The van der Waals surface area contributed by atoms with E-state index in [4.69, 9.17) is 10.2 Å². The normalized spacial score (nSPS) is 9.54. The van der Waals surface area contributed by atoms with Crippen molar-refractivity contribution in [3.63, 3.8) is 0 Å². The van der Waals surface area contributed by atoms with Crippen LogP contribution in [0.5, 0.6) is 5.88 Å². The zero-order valence-electron chi connectivity index (χ0n) is 6.14. The number of hydrogen-bond donors (Lipinski definition) is 3. The van der Waals surface area contributed by atoms with Crippen molar-refractivity contribution >= 4 is 11.7 Å². The molecule has 0 spiro atoms. The molecule has 0 fully saturated rings. The maximum Gasteiger partial charge on any atom is 0.338 e. The third-order valence-corrected chi connectivity index (χ3v) is 1.32. The monoisotopic (exact) mass is 184 g/mol. The SMILES string of the molecule is O=Nc1c(C(=O)O)cc(=O)[nH]c1O.